The van der Waals surface area contributed by atoms with E-state index in [-0.39, 0.29) is 24.5 Å². The highest BCUT2D eigenvalue weighted by atomic mass is 16.7. The maximum atomic E-state index is 6.23. The van der Waals surface area contributed by atoms with Gasteiger partial charge in [0.1, 0.15) is 12.2 Å². The van der Waals surface area contributed by atoms with Crippen LogP contribution in [0.4, 0.5) is 0 Å². The summed E-state index contributed by atoms with van der Waals surface area (Å²) in [5, 5.41) is 3.64. The first-order chi connectivity index (χ1) is 11.9. The molecule has 2 fully saturated rings. The van der Waals surface area contributed by atoms with E-state index in [0.717, 1.165) is 13.0 Å². The van der Waals surface area contributed by atoms with Crippen molar-refractivity contribution in [2.24, 2.45) is 0 Å². The molecule has 4 atom stereocenters. The van der Waals surface area contributed by atoms with Gasteiger partial charge in [-0.1, -0.05) is 60.7 Å². The van der Waals surface area contributed by atoms with E-state index < -0.39 is 0 Å². The summed E-state index contributed by atoms with van der Waals surface area (Å²) in [7, 11) is 0. The second-order valence-electron chi connectivity index (χ2n) is 6.41. The molecule has 0 amide bonds. The molecule has 2 bridgehead atoms. The second kappa shape index (κ2) is 7.45. The van der Waals surface area contributed by atoms with Gasteiger partial charge in [0.2, 0.25) is 0 Å². The van der Waals surface area contributed by atoms with Crippen LogP contribution in [0.1, 0.15) is 17.5 Å². The molecule has 0 aliphatic carbocycles. The van der Waals surface area contributed by atoms with Crippen LogP contribution in [0.25, 0.3) is 0 Å². The van der Waals surface area contributed by atoms with Crippen molar-refractivity contribution >= 4 is 0 Å². The quantitative estimate of drug-likeness (QED) is 0.886. The van der Waals surface area contributed by atoms with Crippen LogP contribution in [0.2, 0.25) is 0 Å². The Hall–Kier alpha value is -1.72. The third kappa shape index (κ3) is 3.68. The normalized spacial score (nSPS) is 28.8. The molecule has 24 heavy (non-hydrogen) atoms. The van der Waals surface area contributed by atoms with Gasteiger partial charge in [0, 0.05) is 19.0 Å². The summed E-state index contributed by atoms with van der Waals surface area (Å²) in [6.07, 6.45) is 0.747. The summed E-state index contributed by atoms with van der Waals surface area (Å²) in [5.74, 6) is 0. The Balaban J connectivity index is 1.40. The molecular formula is C20H23NO3. The lowest BCUT2D eigenvalue weighted by molar-refractivity contribution is -0.152. The molecule has 2 saturated heterocycles. The van der Waals surface area contributed by atoms with Crippen molar-refractivity contribution in [1.82, 2.24) is 5.32 Å². The average Bonchev–Trinajstić information content (AvgIpc) is 3.03. The Morgan fingerprint density at radius 3 is 2.42 bits per heavy atom. The molecule has 0 unspecified atom stereocenters. The summed E-state index contributed by atoms with van der Waals surface area (Å²) >= 11 is 0. The van der Waals surface area contributed by atoms with Crippen LogP contribution < -0.4 is 5.32 Å². The lowest BCUT2D eigenvalue weighted by atomic mass is 9.99. The van der Waals surface area contributed by atoms with Gasteiger partial charge in [-0.15, -0.1) is 0 Å². The van der Waals surface area contributed by atoms with E-state index in [0.29, 0.717) is 13.2 Å². The molecule has 0 aromatic heterocycles. The Kier molecular flexibility index (Phi) is 4.90. The molecule has 0 spiro atoms. The summed E-state index contributed by atoms with van der Waals surface area (Å²) < 4.78 is 17.8. The minimum Gasteiger partial charge on any atom is -0.369 e. The van der Waals surface area contributed by atoms with Crippen molar-refractivity contribution in [3.63, 3.8) is 0 Å². The lowest BCUT2D eigenvalue weighted by Crippen LogP contribution is -2.52. The van der Waals surface area contributed by atoms with E-state index in [4.69, 9.17) is 14.2 Å². The molecule has 4 rings (SSSR count). The van der Waals surface area contributed by atoms with E-state index in [2.05, 4.69) is 41.7 Å². The topological polar surface area (TPSA) is 39.7 Å². The minimum atomic E-state index is -0.0974. The van der Waals surface area contributed by atoms with Gasteiger partial charge < -0.3 is 19.5 Å². The molecule has 2 aliphatic rings. The molecule has 2 aromatic rings. The average molecular weight is 325 g/mol. The van der Waals surface area contributed by atoms with Crippen molar-refractivity contribution in [3.05, 3.63) is 71.8 Å². The fraction of sp³-hybridized carbons (Fsp3) is 0.400. The molecule has 2 aliphatic heterocycles. The number of hydrogen-bond donors (Lipinski definition) is 1. The smallest absolute Gasteiger partial charge is 0.159 e. The van der Waals surface area contributed by atoms with Gasteiger partial charge in [-0.25, -0.2) is 0 Å². The molecule has 126 valence electrons. The zero-order chi connectivity index (χ0) is 16.2. The number of fused-ring (bicyclic) bond motifs is 2. The van der Waals surface area contributed by atoms with E-state index in [9.17, 15) is 0 Å². The van der Waals surface area contributed by atoms with Crippen LogP contribution in [0, 0.1) is 0 Å². The standard InChI is InChI=1S/C20H23NO3/c1-3-7-15(8-4-1)12-21-17-11-19-22-14-18(24-19)20(17)23-13-16-9-5-2-6-10-16/h1-10,17-21H,11-14H2/t17-,18-,19-,20+/m1/s1. The van der Waals surface area contributed by atoms with Crippen LogP contribution >= 0.6 is 0 Å². The summed E-state index contributed by atoms with van der Waals surface area (Å²) in [5.41, 5.74) is 2.46. The number of nitrogens with one attached hydrogen (secondary N) is 1. The van der Waals surface area contributed by atoms with Crippen molar-refractivity contribution in [1.29, 1.82) is 0 Å². The number of benzene rings is 2. The van der Waals surface area contributed by atoms with Gasteiger partial charge in [0.25, 0.3) is 0 Å². The van der Waals surface area contributed by atoms with Crippen molar-refractivity contribution in [3.8, 4) is 0 Å². The first-order valence-corrected chi connectivity index (χ1v) is 8.58. The Morgan fingerprint density at radius 1 is 0.958 bits per heavy atom. The van der Waals surface area contributed by atoms with Gasteiger partial charge >= 0.3 is 0 Å². The van der Waals surface area contributed by atoms with Crippen LogP contribution in [-0.2, 0) is 27.4 Å². The molecule has 4 heteroatoms. The first-order valence-electron chi connectivity index (χ1n) is 8.58. The molecule has 0 radical (unpaired) electrons. The van der Waals surface area contributed by atoms with Crippen molar-refractivity contribution in [2.75, 3.05) is 6.61 Å². The second-order valence-corrected chi connectivity index (χ2v) is 6.41. The predicted molar refractivity (Wildman–Crippen MR) is 91.3 cm³/mol. The molecule has 4 nitrogen and oxygen atoms in total. The maximum absolute atomic E-state index is 6.23. The Morgan fingerprint density at radius 2 is 1.67 bits per heavy atom. The molecule has 1 N–H and O–H groups in total. The number of hydrogen-bond acceptors (Lipinski definition) is 4. The third-order valence-corrected chi connectivity index (χ3v) is 4.68. The summed E-state index contributed by atoms with van der Waals surface area (Å²) in [4.78, 5) is 0. The summed E-state index contributed by atoms with van der Waals surface area (Å²) in [6, 6.07) is 21.0. The van der Waals surface area contributed by atoms with Gasteiger partial charge in [-0.05, 0) is 11.1 Å². The van der Waals surface area contributed by atoms with E-state index in [1.165, 1.54) is 11.1 Å². The highest BCUT2D eigenvalue weighted by molar-refractivity contribution is 5.15. The monoisotopic (exact) mass is 325 g/mol. The Bertz CT molecular complexity index is 634. The van der Waals surface area contributed by atoms with Crippen LogP contribution in [0.15, 0.2) is 60.7 Å². The molecule has 2 aromatic carbocycles. The van der Waals surface area contributed by atoms with Crippen molar-refractivity contribution < 1.29 is 14.2 Å². The lowest BCUT2D eigenvalue weighted by Gasteiger charge is -2.35. The fourth-order valence-corrected chi connectivity index (χ4v) is 3.41. The zero-order valence-corrected chi connectivity index (χ0v) is 13.6. The fourth-order valence-electron chi connectivity index (χ4n) is 3.41. The molecular weight excluding hydrogens is 302 g/mol. The maximum Gasteiger partial charge on any atom is 0.159 e. The van der Waals surface area contributed by atoms with Crippen LogP contribution in [0.5, 0.6) is 0 Å². The van der Waals surface area contributed by atoms with E-state index in [1.54, 1.807) is 0 Å². The van der Waals surface area contributed by atoms with E-state index >= 15 is 0 Å². The number of ether oxygens (including phenoxy) is 3. The van der Waals surface area contributed by atoms with Gasteiger partial charge in [0.05, 0.1) is 13.2 Å². The van der Waals surface area contributed by atoms with Gasteiger partial charge in [-0.3, -0.25) is 0 Å². The van der Waals surface area contributed by atoms with E-state index in [1.807, 2.05) is 24.3 Å². The molecule has 2 heterocycles. The molecule has 0 saturated carbocycles. The highest BCUT2D eigenvalue weighted by Crippen LogP contribution is 2.30. The predicted octanol–water partition coefficient (Wildman–Crippen LogP) is 2.88. The SMILES string of the molecule is c1ccc(CN[C@@H]2C[C@@H]3OC[C@@H](O3)[C@H]2OCc2ccccc2)cc1. The summed E-state index contributed by atoms with van der Waals surface area (Å²) in [6.45, 7) is 2.04. The van der Waals surface area contributed by atoms with Gasteiger partial charge in [-0.2, -0.15) is 0 Å². The highest BCUT2D eigenvalue weighted by Gasteiger charge is 2.44. The first kappa shape index (κ1) is 15.8. The van der Waals surface area contributed by atoms with Gasteiger partial charge in [0.15, 0.2) is 6.29 Å². The van der Waals surface area contributed by atoms with Crippen LogP contribution in [0.3, 0.4) is 0 Å². The largest absolute Gasteiger partial charge is 0.369 e. The van der Waals surface area contributed by atoms with Crippen molar-refractivity contribution in [2.45, 2.75) is 44.1 Å². The Labute approximate surface area is 142 Å². The number of rotatable bonds is 6. The third-order valence-electron chi connectivity index (χ3n) is 4.68. The van der Waals surface area contributed by atoms with Crippen LogP contribution in [-0.4, -0.2) is 31.1 Å². The minimum absolute atomic E-state index is 0.00710. The zero-order valence-electron chi connectivity index (χ0n) is 13.6.